The molecule has 2 atom stereocenters. The van der Waals surface area contributed by atoms with Crippen molar-refractivity contribution in [3.63, 3.8) is 0 Å². The van der Waals surface area contributed by atoms with E-state index in [2.05, 4.69) is 4.98 Å². The topological polar surface area (TPSA) is 79.8 Å². The number of imide groups is 1. The van der Waals surface area contributed by atoms with E-state index in [0.717, 1.165) is 18.4 Å². The maximum atomic E-state index is 13.7. The van der Waals surface area contributed by atoms with E-state index >= 15 is 0 Å². The summed E-state index contributed by atoms with van der Waals surface area (Å²) in [6.07, 6.45) is 5.05. The first kappa shape index (κ1) is 21.2. The SMILES string of the molecule is CO[C@@H]1CCCN(C(=O)C[C@@]2(c3ccccc3)CC(=O)N(Cc3cccnc3)C2=O)C1. The van der Waals surface area contributed by atoms with Gasteiger partial charge >= 0.3 is 0 Å². The van der Waals surface area contributed by atoms with Crippen LogP contribution in [-0.2, 0) is 31.1 Å². The van der Waals surface area contributed by atoms with E-state index in [9.17, 15) is 14.4 Å². The lowest BCUT2D eigenvalue weighted by atomic mass is 9.75. The molecule has 3 heterocycles. The van der Waals surface area contributed by atoms with Gasteiger partial charge in [-0.05, 0) is 30.0 Å². The highest BCUT2D eigenvalue weighted by Gasteiger charge is 2.54. The molecular formula is C24H27N3O4. The van der Waals surface area contributed by atoms with Crippen LogP contribution in [0, 0.1) is 0 Å². The molecule has 0 bridgehead atoms. The normalized spacial score (nSPS) is 24.0. The van der Waals surface area contributed by atoms with Gasteiger partial charge in [0.15, 0.2) is 0 Å². The van der Waals surface area contributed by atoms with E-state index in [0.29, 0.717) is 18.7 Å². The minimum Gasteiger partial charge on any atom is -0.380 e. The van der Waals surface area contributed by atoms with E-state index in [-0.39, 0.29) is 43.2 Å². The van der Waals surface area contributed by atoms with E-state index in [1.165, 1.54) is 4.90 Å². The number of likely N-dealkylation sites (tertiary alicyclic amines) is 2. The van der Waals surface area contributed by atoms with Crippen LogP contribution >= 0.6 is 0 Å². The molecule has 31 heavy (non-hydrogen) atoms. The summed E-state index contributed by atoms with van der Waals surface area (Å²) in [6, 6.07) is 12.8. The Hall–Kier alpha value is -3.06. The number of piperidine rings is 1. The minimum absolute atomic E-state index is 0.00775. The molecule has 2 saturated heterocycles. The first-order valence-electron chi connectivity index (χ1n) is 10.6. The van der Waals surface area contributed by atoms with Crippen LogP contribution in [0.1, 0.15) is 36.8 Å². The zero-order chi connectivity index (χ0) is 21.8. The van der Waals surface area contributed by atoms with Crippen LogP contribution in [0.15, 0.2) is 54.9 Å². The Kier molecular flexibility index (Phi) is 6.13. The third-order valence-corrected chi connectivity index (χ3v) is 6.32. The van der Waals surface area contributed by atoms with Gasteiger partial charge in [0.25, 0.3) is 0 Å². The van der Waals surface area contributed by atoms with Crippen molar-refractivity contribution < 1.29 is 19.1 Å². The molecule has 162 valence electrons. The van der Waals surface area contributed by atoms with Gasteiger partial charge in [-0.3, -0.25) is 24.3 Å². The quantitative estimate of drug-likeness (QED) is 0.669. The molecule has 1 aromatic heterocycles. The van der Waals surface area contributed by atoms with Crippen LogP contribution in [0.4, 0.5) is 0 Å². The molecule has 7 heteroatoms. The van der Waals surface area contributed by atoms with Gasteiger partial charge in [-0.2, -0.15) is 0 Å². The molecule has 4 rings (SSSR count). The Morgan fingerprint density at radius 3 is 2.71 bits per heavy atom. The number of methoxy groups -OCH3 is 1. The van der Waals surface area contributed by atoms with Crippen molar-refractivity contribution in [2.75, 3.05) is 20.2 Å². The fourth-order valence-corrected chi connectivity index (χ4v) is 4.58. The zero-order valence-electron chi connectivity index (χ0n) is 17.7. The van der Waals surface area contributed by atoms with Crippen molar-refractivity contribution >= 4 is 17.7 Å². The monoisotopic (exact) mass is 421 g/mol. The number of pyridine rings is 1. The Morgan fingerprint density at radius 1 is 1.19 bits per heavy atom. The van der Waals surface area contributed by atoms with E-state index < -0.39 is 5.41 Å². The standard InChI is InChI=1S/C24H27N3O4/c1-31-20-10-6-12-26(17-20)21(28)13-24(19-8-3-2-4-9-19)14-22(29)27(23(24)30)16-18-7-5-11-25-15-18/h2-5,7-9,11,15,20H,6,10,12-14,16-17H2,1H3/t20-,24+/m1/s1. The maximum Gasteiger partial charge on any atom is 0.241 e. The molecule has 0 unspecified atom stereocenters. The lowest BCUT2D eigenvalue weighted by Crippen LogP contribution is -2.47. The molecule has 0 saturated carbocycles. The third-order valence-electron chi connectivity index (χ3n) is 6.32. The molecule has 2 fully saturated rings. The highest BCUT2D eigenvalue weighted by molar-refractivity contribution is 6.10. The lowest BCUT2D eigenvalue weighted by molar-refractivity contribution is -0.144. The van der Waals surface area contributed by atoms with Gasteiger partial charge in [-0.15, -0.1) is 0 Å². The number of hydrogen-bond donors (Lipinski definition) is 0. The van der Waals surface area contributed by atoms with Gasteiger partial charge in [-0.25, -0.2) is 0 Å². The summed E-state index contributed by atoms with van der Waals surface area (Å²) in [6.45, 7) is 1.32. The molecule has 2 aliphatic rings. The predicted molar refractivity (Wildman–Crippen MR) is 114 cm³/mol. The number of amides is 3. The highest BCUT2D eigenvalue weighted by atomic mass is 16.5. The molecule has 0 radical (unpaired) electrons. The second kappa shape index (κ2) is 8.98. The first-order chi connectivity index (χ1) is 15.0. The Morgan fingerprint density at radius 2 is 2.00 bits per heavy atom. The van der Waals surface area contributed by atoms with Crippen molar-refractivity contribution in [3.8, 4) is 0 Å². The summed E-state index contributed by atoms with van der Waals surface area (Å²) >= 11 is 0. The summed E-state index contributed by atoms with van der Waals surface area (Å²) in [5.74, 6) is -0.699. The van der Waals surface area contributed by atoms with Crippen LogP contribution in [-0.4, -0.2) is 58.8 Å². The summed E-state index contributed by atoms with van der Waals surface area (Å²) in [7, 11) is 1.65. The molecule has 0 N–H and O–H groups in total. The fraction of sp³-hybridized carbons (Fsp3) is 0.417. The van der Waals surface area contributed by atoms with Crippen molar-refractivity contribution in [3.05, 3.63) is 66.0 Å². The van der Waals surface area contributed by atoms with Crippen LogP contribution in [0.3, 0.4) is 0 Å². The molecule has 3 amide bonds. The molecule has 7 nitrogen and oxygen atoms in total. The number of carbonyl (C=O) groups excluding carboxylic acids is 3. The van der Waals surface area contributed by atoms with Gasteiger partial charge in [0, 0.05) is 45.4 Å². The van der Waals surface area contributed by atoms with Crippen LogP contribution in [0.2, 0.25) is 0 Å². The van der Waals surface area contributed by atoms with Crippen LogP contribution in [0.5, 0.6) is 0 Å². The van der Waals surface area contributed by atoms with Crippen LogP contribution < -0.4 is 0 Å². The van der Waals surface area contributed by atoms with Gasteiger partial charge in [-0.1, -0.05) is 36.4 Å². The average Bonchev–Trinajstić information content (AvgIpc) is 3.05. The number of hydrogen-bond acceptors (Lipinski definition) is 5. The number of rotatable bonds is 6. The Balaban J connectivity index is 1.62. The number of ether oxygens (including phenoxy) is 1. The number of nitrogens with zero attached hydrogens (tertiary/aromatic N) is 3. The second-order valence-corrected chi connectivity index (χ2v) is 8.29. The summed E-state index contributed by atoms with van der Waals surface area (Å²) < 4.78 is 5.44. The van der Waals surface area contributed by atoms with Crippen LogP contribution in [0.25, 0.3) is 0 Å². The van der Waals surface area contributed by atoms with Gasteiger partial charge in [0.05, 0.1) is 18.1 Å². The molecule has 2 aliphatic heterocycles. The molecule has 0 spiro atoms. The second-order valence-electron chi connectivity index (χ2n) is 8.29. The van der Waals surface area contributed by atoms with E-state index in [4.69, 9.17) is 4.74 Å². The maximum absolute atomic E-state index is 13.7. The van der Waals surface area contributed by atoms with Crippen molar-refractivity contribution in [2.24, 2.45) is 0 Å². The van der Waals surface area contributed by atoms with Crippen molar-refractivity contribution in [2.45, 2.75) is 43.7 Å². The van der Waals surface area contributed by atoms with Gasteiger partial charge in [0.1, 0.15) is 0 Å². The lowest BCUT2D eigenvalue weighted by Gasteiger charge is -2.35. The fourth-order valence-electron chi connectivity index (χ4n) is 4.58. The average molecular weight is 421 g/mol. The largest absolute Gasteiger partial charge is 0.380 e. The number of aromatic nitrogens is 1. The molecular weight excluding hydrogens is 394 g/mol. The molecule has 0 aliphatic carbocycles. The van der Waals surface area contributed by atoms with E-state index in [1.54, 1.807) is 30.5 Å². The molecule has 2 aromatic rings. The van der Waals surface area contributed by atoms with Crippen molar-refractivity contribution in [1.29, 1.82) is 0 Å². The van der Waals surface area contributed by atoms with Gasteiger partial charge < -0.3 is 9.64 Å². The summed E-state index contributed by atoms with van der Waals surface area (Å²) in [4.78, 5) is 47.0. The Labute approximate surface area is 182 Å². The van der Waals surface area contributed by atoms with Gasteiger partial charge in [0.2, 0.25) is 17.7 Å². The first-order valence-corrected chi connectivity index (χ1v) is 10.6. The van der Waals surface area contributed by atoms with Crippen molar-refractivity contribution in [1.82, 2.24) is 14.8 Å². The van der Waals surface area contributed by atoms with E-state index in [1.807, 2.05) is 36.4 Å². The third kappa shape index (κ3) is 4.23. The smallest absolute Gasteiger partial charge is 0.241 e. The highest BCUT2D eigenvalue weighted by Crippen LogP contribution is 2.41. The Bertz CT molecular complexity index is 950. The summed E-state index contributed by atoms with van der Waals surface area (Å²) in [5, 5.41) is 0. The summed E-state index contributed by atoms with van der Waals surface area (Å²) in [5.41, 5.74) is 0.298. The predicted octanol–water partition coefficient (Wildman–Crippen LogP) is 2.31. The number of benzene rings is 1. The zero-order valence-corrected chi connectivity index (χ0v) is 17.7. The number of carbonyl (C=O) groups is 3. The molecule has 1 aromatic carbocycles. The minimum atomic E-state index is -1.18.